The molecule has 2 N–H and O–H groups in total. The number of nitrogens with zero attached hydrogens (tertiary/aromatic N) is 3. The molecule has 1 atom stereocenters. The van der Waals surface area contributed by atoms with Crippen LogP contribution in [0.2, 0.25) is 0 Å². The first-order valence-corrected chi connectivity index (χ1v) is 9.20. The van der Waals surface area contributed by atoms with E-state index in [1.54, 1.807) is 12.1 Å². The van der Waals surface area contributed by atoms with Crippen molar-refractivity contribution in [1.29, 1.82) is 0 Å². The van der Waals surface area contributed by atoms with Gasteiger partial charge in [-0.1, -0.05) is 17.7 Å². The highest BCUT2D eigenvalue weighted by Crippen LogP contribution is 2.20. The minimum atomic E-state index is -1.54. The van der Waals surface area contributed by atoms with E-state index in [2.05, 4.69) is 15.3 Å². The summed E-state index contributed by atoms with van der Waals surface area (Å²) in [6, 6.07) is 7.54. The topological polar surface area (TPSA) is 139 Å². The van der Waals surface area contributed by atoms with Gasteiger partial charge in [-0.3, -0.25) is 19.2 Å². The molecule has 0 spiro atoms. The molecule has 10 nitrogen and oxygen atoms in total. The Morgan fingerprint density at radius 2 is 1.87 bits per heavy atom. The Morgan fingerprint density at radius 3 is 2.50 bits per heavy atom. The molecule has 156 valence electrons. The molecular formula is C20H20N4O6. The fraction of sp³-hybridized carbons (Fsp3) is 0.300. The van der Waals surface area contributed by atoms with Crippen LogP contribution in [0, 0.1) is 12.8 Å². The number of nitrogens with one attached hydrogen (secondary N) is 1. The molecule has 0 aliphatic carbocycles. The van der Waals surface area contributed by atoms with E-state index in [-0.39, 0.29) is 25.5 Å². The molecule has 0 saturated carbocycles. The first-order valence-electron chi connectivity index (χ1n) is 9.20. The van der Waals surface area contributed by atoms with Gasteiger partial charge in [-0.15, -0.1) is 0 Å². The number of hydrogen-bond donors (Lipinski definition) is 2. The van der Waals surface area contributed by atoms with Crippen molar-refractivity contribution in [2.24, 2.45) is 5.92 Å². The summed E-state index contributed by atoms with van der Waals surface area (Å²) in [5.41, 5.74) is 1.69. The van der Waals surface area contributed by atoms with Crippen molar-refractivity contribution in [2.45, 2.75) is 19.9 Å². The number of ketones is 1. The number of hydrogen-bond acceptors (Lipinski definition) is 7. The molecule has 10 heteroatoms. The molecule has 0 radical (unpaired) electrons. The summed E-state index contributed by atoms with van der Waals surface area (Å²) in [5, 5.41) is 10.7. The van der Waals surface area contributed by atoms with Crippen molar-refractivity contribution in [2.75, 3.05) is 13.1 Å². The van der Waals surface area contributed by atoms with Gasteiger partial charge in [0, 0.05) is 37.5 Å². The summed E-state index contributed by atoms with van der Waals surface area (Å²) in [5.74, 6) is -4.32. The van der Waals surface area contributed by atoms with Crippen molar-refractivity contribution in [3.05, 3.63) is 47.8 Å². The molecule has 30 heavy (non-hydrogen) atoms. The molecule has 1 unspecified atom stereocenters. The van der Waals surface area contributed by atoms with Gasteiger partial charge in [0.2, 0.25) is 11.8 Å². The molecule has 1 aliphatic rings. The van der Waals surface area contributed by atoms with Gasteiger partial charge < -0.3 is 20.1 Å². The highest BCUT2D eigenvalue weighted by atomic mass is 16.5. The number of piperidine rings is 1. The zero-order valence-electron chi connectivity index (χ0n) is 16.2. The molecule has 2 amide bonds. The number of amides is 2. The lowest BCUT2D eigenvalue weighted by Crippen LogP contribution is -2.52. The standard InChI is InChI=1S/C20H20N4O6/c1-12-2-4-14(5-3-12)30-20-22-8-13(9-23-20)11-24-7-6-15(25)17(19(24)29)18(28)21-10-16(26)27/h2-5,8-9,17H,6-7,10-11H2,1H3,(H,21,28)(H,26,27). The number of carbonyl (C=O) groups excluding carboxylic acids is 3. The van der Waals surface area contributed by atoms with Crippen LogP contribution < -0.4 is 10.1 Å². The van der Waals surface area contributed by atoms with Gasteiger partial charge in [-0.25, -0.2) is 9.97 Å². The quantitative estimate of drug-likeness (QED) is 0.634. The lowest BCUT2D eigenvalue weighted by atomic mass is 9.94. The Morgan fingerprint density at radius 1 is 1.20 bits per heavy atom. The maximum absolute atomic E-state index is 12.6. The highest BCUT2D eigenvalue weighted by Gasteiger charge is 2.40. The largest absolute Gasteiger partial charge is 0.480 e. The van der Waals surface area contributed by atoms with E-state index in [0.29, 0.717) is 11.3 Å². The number of aliphatic carboxylic acids is 1. The molecule has 1 aromatic carbocycles. The number of ether oxygens (including phenoxy) is 1. The van der Waals surface area contributed by atoms with Gasteiger partial charge >= 0.3 is 12.0 Å². The van der Waals surface area contributed by atoms with Gasteiger partial charge in [0.05, 0.1) is 0 Å². The Bertz CT molecular complexity index is 958. The smallest absolute Gasteiger partial charge is 0.322 e. The lowest BCUT2D eigenvalue weighted by molar-refractivity contribution is -0.152. The zero-order valence-corrected chi connectivity index (χ0v) is 16.2. The van der Waals surface area contributed by atoms with Crippen molar-refractivity contribution in [1.82, 2.24) is 20.2 Å². The summed E-state index contributed by atoms with van der Waals surface area (Å²) < 4.78 is 5.56. The predicted molar refractivity (Wildman–Crippen MR) is 102 cm³/mol. The van der Waals surface area contributed by atoms with E-state index >= 15 is 0 Å². The molecule has 0 bridgehead atoms. The van der Waals surface area contributed by atoms with Crippen LogP contribution in [0.5, 0.6) is 11.8 Å². The van der Waals surface area contributed by atoms with E-state index in [1.807, 2.05) is 19.1 Å². The third kappa shape index (κ3) is 5.16. The summed E-state index contributed by atoms with van der Waals surface area (Å²) >= 11 is 0. The van der Waals surface area contributed by atoms with Crippen LogP contribution in [-0.2, 0) is 25.7 Å². The van der Waals surface area contributed by atoms with Crippen LogP contribution in [0.25, 0.3) is 0 Å². The average molecular weight is 412 g/mol. The number of aromatic nitrogens is 2. The number of carboxylic acid groups (broad SMARTS) is 1. The van der Waals surface area contributed by atoms with Crippen LogP contribution in [0.1, 0.15) is 17.5 Å². The van der Waals surface area contributed by atoms with Crippen LogP contribution in [0.15, 0.2) is 36.7 Å². The number of likely N-dealkylation sites (tertiary alicyclic amines) is 1. The predicted octanol–water partition coefficient (Wildman–Crippen LogP) is 0.696. The summed E-state index contributed by atoms with van der Waals surface area (Å²) in [6.07, 6.45) is 3.01. The molecule has 2 aromatic rings. The minimum absolute atomic E-state index is 0.00632. The van der Waals surface area contributed by atoms with Crippen LogP contribution in [0.4, 0.5) is 0 Å². The third-order valence-corrected chi connectivity index (χ3v) is 4.47. The van der Waals surface area contributed by atoms with Gasteiger partial charge in [-0.05, 0) is 19.1 Å². The Hall–Kier alpha value is -3.82. The van der Waals surface area contributed by atoms with Crippen LogP contribution >= 0.6 is 0 Å². The highest BCUT2D eigenvalue weighted by molar-refractivity contribution is 6.19. The van der Waals surface area contributed by atoms with Crippen molar-refractivity contribution < 1.29 is 29.0 Å². The van der Waals surface area contributed by atoms with E-state index in [1.165, 1.54) is 17.3 Å². The molecule has 1 fully saturated rings. The van der Waals surface area contributed by atoms with Gasteiger partial charge in [0.15, 0.2) is 11.7 Å². The lowest BCUT2D eigenvalue weighted by Gasteiger charge is -2.30. The summed E-state index contributed by atoms with van der Waals surface area (Å²) in [6.45, 7) is 1.57. The summed E-state index contributed by atoms with van der Waals surface area (Å²) in [7, 11) is 0. The number of rotatable bonds is 7. The normalized spacial score (nSPS) is 16.3. The molecule has 2 heterocycles. The van der Waals surface area contributed by atoms with Gasteiger partial charge in [0.1, 0.15) is 12.3 Å². The van der Waals surface area contributed by atoms with Gasteiger partial charge in [-0.2, -0.15) is 0 Å². The number of benzene rings is 1. The molecule has 3 rings (SSSR count). The number of aryl methyl sites for hydroxylation is 1. The number of carbonyl (C=O) groups is 4. The second-order valence-electron chi connectivity index (χ2n) is 6.81. The maximum Gasteiger partial charge on any atom is 0.322 e. The minimum Gasteiger partial charge on any atom is -0.480 e. The zero-order chi connectivity index (χ0) is 21.7. The Labute approximate surface area is 171 Å². The number of carboxylic acids is 1. The van der Waals surface area contributed by atoms with Gasteiger partial charge in [0.25, 0.3) is 0 Å². The molecule has 1 saturated heterocycles. The molecule has 1 aliphatic heterocycles. The van der Waals surface area contributed by atoms with Crippen molar-refractivity contribution in [3.63, 3.8) is 0 Å². The van der Waals surface area contributed by atoms with E-state index in [0.717, 1.165) is 5.56 Å². The molecular weight excluding hydrogens is 392 g/mol. The first-order chi connectivity index (χ1) is 14.3. The SMILES string of the molecule is Cc1ccc(Oc2ncc(CN3CCC(=O)C(C(=O)NCC(=O)O)C3=O)cn2)cc1. The fourth-order valence-corrected chi connectivity index (χ4v) is 2.91. The second-order valence-corrected chi connectivity index (χ2v) is 6.81. The fourth-order valence-electron chi connectivity index (χ4n) is 2.91. The Balaban J connectivity index is 1.62. The van der Waals surface area contributed by atoms with E-state index < -0.39 is 36.0 Å². The second kappa shape index (κ2) is 9.12. The third-order valence-electron chi connectivity index (χ3n) is 4.47. The Kier molecular flexibility index (Phi) is 6.35. The van der Waals surface area contributed by atoms with E-state index in [9.17, 15) is 19.2 Å². The van der Waals surface area contributed by atoms with Crippen LogP contribution in [-0.4, -0.2) is 56.6 Å². The first kappa shape index (κ1) is 20.9. The average Bonchev–Trinajstić information content (AvgIpc) is 2.72. The van der Waals surface area contributed by atoms with Crippen molar-refractivity contribution >= 4 is 23.6 Å². The van der Waals surface area contributed by atoms with Crippen LogP contribution in [0.3, 0.4) is 0 Å². The van der Waals surface area contributed by atoms with Crippen molar-refractivity contribution in [3.8, 4) is 11.8 Å². The number of Topliss-reactive ketones (excluding diaryl/α,β-unsaturated/α-hetero) is 1. The molecule has 1 aromatic heterocycles. The maximum atomic E-state index is 12.6. The summed E-state index contributed by atoms with van der Waals surface area (Å²) in [4.78, 5) is 56.9. The van der Waals surface area contributed by atoms with E-state index in [4.69, 9.17) is 9.84 Å². The monoisotopic (exact) mass is 412 g/mol.